The van der Waals surface area contributed by atoms with Gasteiger partial charge in [-0.25, -0.2) is 0 Å². The molecule has 0 aliphatic carbocycles. The number of rotatable bonds is 62. The van der Waals surface area contributed by atoms with Crippen molar-refractivity contribution in [2.75, 3.05) is 47.5 Å². The second-order valence-electron chi connectivity index (χ2n) is 23.8. The molecule has 0 heterocycles. The molecular formula is C74H128NO8P. The summed E-state index contributed by atoms with van der Waals surface area (Å²) in [7, 11) is 1.16. The van der Waals surface area contributed by atoms with E-state index < -0.39 is 32.5 Å². The zero-order valence-corrected chi connectivity index (χ0v) is 55.7. The molecule has 0 bridgehead atoms. The minimum atomic E-state index is -4.65. The van der Waals surface area contributed by atoms with Gasteiger partial charge in [-0.05, 0) is 103 Å². The van der Waals surface area contributed by atoms with Gasteiger partial charge in [0.1, 0.15) is 19.8 Å². The van der Waals surface area contributed by atoms with Gasteiger partial charge in [0, 0.05) is 12.8 Å². The largest absolute Gasteiger partial charge is 0.756 e. The first-order valence-electron chi connectivity index (χ1n) is 34.2. The standard InChI is InChI=1S/C74H128NO8P/c1-6-8-10-12-14-16-18-20-22-24-26-28-29-30-31-32-33-34-35-36-37-38-39-40-41-42-43-44-45-47-49-51-53-55-57-59-61-63-65-67-74(77)83-72(71-82-84(78,79)81-69-68-75(3,4)5)70-80-73(76)66-64-62-60-58-56-54-52-50-48-46-27-25-23-21-19-17-15-13-11-9-7-2/h8-11,14-17,20-23,26-28,30-31,33-34,46,72H,6-7,12-13,18-19,24-25,29,32,35-45,47-71H2,1-5H3/b10-8-,11-9-,16-14-,17-15-,22-20-,23-21-,28-26-,31-30-,34-33-,46-27-. The van der Waals surface area contributed by atoms with E-state index in [2.05, 4.69) is 135 Å². The number of esters is 2. The smallest absolute Gasteiger partial charge is 0.306 e. The Morgan fingerprint density at radius 1 is 0.369 bits per heavy atom. The van der Waals surface area contributed by atoms with E-state index in [9.17, 15) is 19.0 Å². The third kappa shape index (κ3) is 67.5. The van der Waals surface area contributed by atoms with Gasteiger partial charge < -0.3 is 27.9 Å². The average Bonchev–Trinajstić information content (AvgIpc) is 3.61. The molecule has 0 spiro atoms. The number of quaternary nitrogens is 1. The van der Waals surface area contributed by atoms with E-state index in [1.165, 1.54) is 135 Å². The van der Waals surface area contributed by atoms with Crippen molar-refractivity contribution in [1.29, 1.82) is 0 Å². The third-order valence-corrected chi connectivity index (χ3v) is 15.4. The van der Waals surface area contributed by atoms with Crippen LogP contribution in [-0.4, -0.2) is 70.0 Å². The number of carbonyl (C=O) groups excluding carboxylic acids is 2. The summed E-state index contributed by atoms with van der Waals surface area (Å²) in [6, 6.07) is 0. The molecule has 0 fully saturated rings. The molecule has 0 rings (SSSR count). The van der Waals surface area contributed by atoms with Crippen LogP contribution in [0.3, 0.4) is 0 Å². The number of ether oxygens (including phenoxy) is 2. The van der Waals surface area contributed by atoms with Crippen LogP contribution < -0.4 is 4.89 Å². The lowest BCUT2D eigenvalue weighted by molar-refractivity contribution is -0.870. The Morgan fingerprint density at radius 2 is 0.643 bits per heavy atom. The predicted molar refractivity (Wildman–Crippen MR) is 360 cm³/mol. The van der Waals surface area contributed by atoms with Crippen LogP contribution in [0.1, 0.15) is 284 Å². The number of nitrogens with zero attached hydrogens (tertiary/aromatic N) is 1. The number of phosphoric ester groups is 1. The molecule has 0 aromatic heterocycles. The van der Waals surface area contributed by atoms with Gasteiger partial charge >= 0.3 is 11.9 Å². The van der Waals surface area contributed by atoms with Crippen LogP contribution in [0.15, 0.2) is 122 Å². The van der Waals surface area contributed by atoms with E-state index in [0.717, 1.165) is 116 Å². The minimum Gasteiger partial charge on any atom is -0.756 e. The second kappa shape index (κ2) is 63.9. The van der Waals surface area contributed by atoms with Crippen molar-refractivity contribution in [2.24, 2.45) is 0 Å². The Hall–Kier alpha value is -3.59. The fraction of sp³-hybridized carbons (Fsp3) is 0.703. The lowest BCUT2D eigenvalue weighted by Gasteiger charge is -2.28. The van der Waals surface area contributed by atoms with Crippen molar-refractivity contribution < 1.29 is 42.1 Å². The summed E-state index contributed by atoms with van der Waals surface area (Å²) < 4.78 is 34.3. The van der Waals surface area contributed by atoms with E-state index in [-0.39, 0.29) is 26.1 Å². The van der Waals surface area contributed by atoms with Crippen LogP contribution in [0.25, 0.3) is 0 Å². The van der Waals surface area contributed by atoms with Gasteiger partial charge in [0.25, 0.3) is 7.82 Å². The number of hydrogen-bond acceptors (Lipinski definition) is 8. The molecule has 2 atom stereocenters. The van der Waals surface area contributed by atoms with Gasteiger partial charge in [-0.1, -0.05) is 289 Å². The highest BCUT2D eigenvalue weighted by Crippen LogP contribution is 2.38. The Kier molecular flexibility index (Phi) is 61.2. The Balaban J connectivity index is 4.00. The van der Waals surface area contributed by atoms with E-state index >= 15 is 0 Å². The van der Waals surface area contributed by atoms with E-state index in [4.69, 9.17) is 18.5 Å². The van der Waals surface area contributed by atoms with Crippen molar-refractivity contribution in [3.63, 3.8) is 0 Å². The van der Waals surface area contributed by atoms with Gasteiger partial charge in [0.05, 0.1) is 27.7 Å². The van der Waals surface area contributed by atoms with Crippen LogP contribution in [-0.2, 0) is 32.7 Å². The number of allylic oxidation sites excluding steroid dienone is 20. The maximum atomic E-state index is 12.9. The first kappa shape index (κ1) is 80.4. The van der Waals surface area contributed by atoms with Crippen molar-refractivity contribution in [1.82, 2.24) is 0 Å². The second-order valence-corrected chi connectivity index (χ2v) is 25.2. The number of phosphoric acid groups is 1. The van der Waals surface area contributed by atoms with Crippen LogP contribution >= 0.6 is 7.82 Å². The fourth-order valence-corrected chi connectivity index (χ4v) is 10.0. The molecule has 2 unspecified atom stereocenters. The van der Waals surface area contributed by atoms with Gasteiger partial charge in [0.15, 0.2) is 6.10 Å². The summed E-state index contributed by atoms with van der Waals surface area (Å²) in [6.45, 7) is 4.02. The number of carbonyl (C=O) groups is 2. The molecule has 0 N–H and O–H groups in total. The number of likely N-dealkylation sites (N-methyl/N-ethyl adjacent to an activating group) is 1. The molecule has 0 aliphatic rings. The van der Waals surface area contributed by atoms with Crippen LogP contribution in [0, 0.1) is 0 Å². The number of hydrogen-bond donors (Lipinski definition) is 0. The van der Waals surface area contributed by atoms with Crippen molar-refractivity contribution in [2.45, 2.75) is 290 Å². The van der Waals surface area contributed by atoms with Gasteiger partial charge in [-0.2, -0.15) is 0 Å². The maximum Gasteiger partial charge on any atom is 0.306 e. The lowest BCUT2D eigenvalue weighted by Crippen LogP contribution is -2.37. The van der Waals surface area contributed by atoms with Crippen molar-refractivity contribution >= 4 is 19.8 Å². The molecule has 10 heteroatoms. The normalized spacial score (nSPS) is 13.9. The first-order valence-corrected chi connectivity index (χ1v) is 35.7. The summed E-state index contributed by atoms with van der Waals surface area (Å²) in [6.07, 6.45) is 91.4. The Labute approximate surface area is 518 Å². The Morgan fingerprint density at radius 3 is 0.952 bits per heavy atom. The molecule has 0 saturated carbocycles. The zero-order valence-electron chi connectivity index (χ0n) is 54.8. The van der Waals surface area contributed by atoms with E-state index in [1.807, 2.05) is 21.1 Å². The van der Waals surface area contributed by atoms with E-state index in [1.54, 1.807) is 0 Å². The summed E-state index contributed by atoms with van der Waals surface area (Å²) in [5.41, 5.74) is 0. The maximum absolute atomic E-state index is 12.9. The van der Waals surface area contributed by atoms with Crippen molar-refractivity contribution in [3.8, 4) is 0 Å². The topological polar surface area (TPSA) is 111 Å². The van der Waals surface area contributed by atoms with Crippen LogP contribution in [0.2, 0.25) is 0 Å². The minimum absolute atomic E-state index is 0.0357. The average molecular weight is 1190 g/mol. The summed E-state index contributed by atoms with van der Waals surface area (Å²) in [5.74, 6) is -0.839. The van der Waals surface area contributed by atoms with E-state index in [0.29, 0.717) is 17.4 Å². The molecule has 0 saturated heterocycles. The summed E-state index contributed by atoms with van der Waals surface area (Å²) >= 11 is 0. The van der Waals surface area contributed by atoms with Gasteiger partial charge in [0.2, 0.25) is 0 Å². The lowest BCUT2D eigenvalue weighted by atomic mass is 10.0. The molecule has 0 aliphatic heterocycles. The first-order chi connectivity index (χ1) is 41.0. The Bertz CT molecular complexity index is 1830. The SMILES string of the molecule is CC/C=C\C/C=C\C/C=C\C/C=C\C/C=C\C/C=C\CCCCCCCCCCCCCCCCCCCCCCC(=O)OC(COC(=O)CCCCCCCCCC/C=C\C/C=C\C/C=C\C/C=C\CC)COP(=O)([O-])OCC[N+](C)(C)C. The molecule has 482 valence electrons. The highest BCUT2D eigenvalue weighted by atomic mass is 31.2. The monoisotopic (exact) mass is 1190 g/mol. The molecule has 0 amide bonds. The highest BCUT2D eigenvalue weighted by Gasteiger charge is 2.22. The van der Waals surface area contributed by atoms with Gasteiger partial charge in [-0.15, -0.1) is 0 Å². The molecule has 9 nitrogen and oxygen atoms in total. The fourth-order valence-electron chi connectivity index (χ4n) is 9.30. The molecule has 84 heavy (non-hydrogen) atoms. The highest BCUT2D eigenvalue weighted by molar-refractivity contribution is 7.45. The quantitative estimate of drug-likeness (QED) is 0.0195. The molecular weight excluding hydrogens is 1060 g/mol. The van der Waals surface area contributed by atoms with Crippen molar-refractivity contribution in [3.05, 3.63) is 122 Å². The van der Waals surface area contributed by atoms with Crippen LogP contribution in [0.5, 0.6) is 0 Å². The molecule has 0 radical (unpaired) electrons. The van der Waals surface area contributed by atoms with Crippen LogP contribution in [0.4, 0.5) is 0 Å². The summed E-state index contributed by atoms with van der Waals surface area (Å²) in [4.78, 5) is 38.0. The van der Waals surface area contributed by atoms with Gasteiger partial charge in [-0.3, -0.25) is 14.2 Å². The summed E-state index contributed by atoms with van der Waals surface area (Å²) in [5, 5.41) is 0. The molecule has 0 aromatic rings. The zero-order chi connectivity index (χ0) is 61.2. The predicted octanol–water partition coefficient (Wildman–Crippen LogP) is 21.6. The molecule has 0 aromatic carbocycles. The number of unbranched alkanes of at least 4 members (excludes halogenated alkanes) is 28. The third-order valence-electron chi connectivity index (χ3n) is 14.5.